The van der Waals surface area contributed by atoms with E-state index in [0.717, 1.165) is 40.8 Å². The van der Waals surface area contributed by atoms with Crippen molar-refractivity contribution in [3.05, 3.63) is 89.8 Å². The minimum Gasteiger partial charge on any atom is -0.348 e. The molecule has 0 bridgehead atoms. The summed E-state index contributed by atoms with van der Waals surface area (Å²) in [7, 11) is 0. The molecular weight excluding hydrogens is 390 g/mol. The average Bonchev–Trinajstić information content (AvgIpc) is 3.40. The van der Waals surface area contributed by atoms with Crippen LogP contribution in [0.2, 0.25) is 0 Å². The van der Waals surface area contributed by atoms with Gasteiger partial charge in [0.05, 0.1) is 17.4 Å². The second-order valence-corrected chi connectivity index (χ2v) is 8.08. The lowest BCUT2D eigenvalue weighted by molar-refractivity contribution is 0.560. The van der Waals surface area contributed by atoms with Crippen molar-refractivity contribution in [1.82, 2.24) is 20.6 Å². The SMILES string of the molecule is CCC1=CCC(N=C2NC(=S)NC2c2ccccc2)(c2ccc3nc[nH]c3c2)C=C1. The van der Waals surface area contributed by atoms with E-state index < -0.39 is 5.54 Å². The fourth-order valence-corrected chi connectivity index (χ4v) is 4.34. The van der Waals surface area contributed by atoms with E-state index in [-0.39, 0.29) is 6.04 Å². The van der Waals surface area contributed by atoms with Crippen LogP contribution in [0.3, 0.4) is 0 Å². The van der Waals surface area contributed by atoms with Gasteiger partial charge in [-0.2, -0.15) is 0 Å². The summed E-state index contributed by atoms with van der Waals surface area (Å²) in [5, 5.41) is 7.26. The van der Waals surface area contributed by atoms with Gasteiger partial charge in [-0.05, 0) is 48.3 Å². The Morgan fingerprint density at radius 1 is 1.20 bits per heavy atom. The molecule has 2 atom stereocenters. The molecule has 0 radical (unpaired) electrons. The number of aliphatic imine (C=N–C) groups is 1. The Kier molecular flexibility index (Phi) is 4.71. The Hall–Kier alpha value is -3.25. The van der Waals surface area contributed by atoms with Gasteiger partial charge >= 0.3 is 0 Å². The summed E-state index contributed by atoms with van der Waals surface area (Å²) < 4.78 is 0. The van der Waals surface area contributed by atoms with Gasteiger partial charge in [0.15, 0.2) is 5.11 Å². The second kappa shape index (κ2) is 7.54. The number of aromatic nitrogens is 2. The zero-order chi connectivity index (χ0) is 20.6. The first-order valence-electron chi connectivity index (χ1n) is 10.2. The first kappa shape index (κ1) is 18.8. The van der Waals surface area contributed by atoms with E-state index in [0.29, 0.717) is 5.11 Å². The standard InChI is InChI=1S/C24H23N5S/c1-2-16-10-12-24(13-11-16,18-8-9-19-20(14-18)26-15-25-19)29-22-21(27-23(30)28-22)17-6-4-3-5-7-17/h3-12,14-15,21H,2,13H2,1H3,(H,25,26)(H2,27,28,29,30). The van der Waals surface area contributed by atoms with Crippen LogP contribution in [-0.4, -0.2) is 20.9 Å². The van der Waals surface area contributed by atoms with Crippen molar-refractivity contribution in [2.75, 3.05) is 0 Å². The highest BCUT2D eigenvalue weighted by atomic mass is 32.1. The Bertz CT molecular complexity index is 1190. The molecule has 2 aliphatic rings. The molecule has 3 aromatic rings. The number of fused-ring (bicyclic) bond motifs is 1. The molecule has 1 fully saturated rings. The van der Waals surface area contributed by atoms with Gasteiger partial charge in [-0.3, -0.25) is 4.99 Å². The van der Waals surface area contributed by atoms with Crippen molar-refractivity contribution in [1.29, 1.82) is 0 Å². The maximum absolute atomic E-state index is 5.44. The van der Waals surface area contributed by atoms with Gasteiger partial charge in [-0.1, -0.05) is 67.1 Å². The van der Waals surface area contributed by atoms with E-state index >= 15 is 0 Å². The van der Waals surface area contributed by atoms with E-state index in [1.807, 2.05) is 18.2 Å². The summed E-state index contributed by atoms with van der Waals surface area (Å²) in [5.74, 6) is 0.842. The van der Waals surface area contributed by atoms with Crippen molar-refractivity contribution < 1.29 is 0 Å². The number of aromatic amines is 1. The molecule has 2 unspecified atom stereocenters. The van der Waals surface area contributed by atoms with Gasteiger partial charge in [-0.25, -0.2) is 4.98 Å². The summed E-state index contributed by atoms with van der Waals surface area (Å²) in [6, 6.07) is 16.5. The maximum Gasteiger partial charge on any atom is 0.172 e. The summed E-state index contributed by atoms with van der Waals surface area (Å²) in [6.45, 7) is 2.18. The second-order valence-electron chi connectivity index (χ2n) is 7.67. The Morgan fingerprint density at radius 3 is 2.83 bits per heavy atom. The number of allylic oxidation sites excluding steroid dienone is 2. The number of rotatable bonds is 4. The third-order valence-electron chi connectivity index (χ3n) is 5.82. The Labute approximate surface area is 181 Å². The largest absolute Gasteiger partial charge is 0.348 e. The molecule has 5 nitrogen and oxygen atoms in total. The molecule has 150 valence electrons. The van der Waals surface area contributed by atoms with Crippen LogP contribution in [0, 0.1) is 0 Å². The third-order valence-corrected chi connectivity index (χ3v) is 6.04. The summed E-state index contributed by atoms with van der Waals surface area (Å²) in [5.41, 5.74) is 5.05. The van der Waals surface area contributed by atoms with Crippen molar-refractivity contribution in [3.63, 3.8) is 0 Å². The first-order chi connectivity index (χ1) is 14.7. The fraction of sp³-hybridized carbons (Fsp3) is 0.208. The van der Waals surface area contributed by atoms with Crippen LogP contribution < -0.4 is 10.6 Å². The smallest absolute Gasteiger partial charge is 0.172 e. The number of H-pyrrole nitrogens is 1. The predicted molar refractivity (Wildman–Crippen MR) is 125 cm³/mol. The minimum absolute atomic E-state index is 0.0867. The molecule has 1 aromatic heterocycles. The van der Waals surface area contributed by atoms with Gasteiger partial charge in [0.1, 0.15) is 17.4 Å². The van der Waals surface area contributed by atoms with Gasteiger partial charge in [-0.15, -0.1) is 0 Å². The molecule has 2 aromatic carbocycles. The number of thiocarbonyl (C=S) groups is 1. The third kappa shape index (κ3) is 3.33. The molecule has 6 heteroatoms. The van der Waals surface area contributed by atoms with E-state index in [2.05, 4.69) is 76.1 Å². The summed E-state index contributed by atoms with van der Waals surface area (Å²) >= 11 is 5.44. The number of hydrogen-bond acceptors (Lipinski definition) is 3. The molecule has 1 saturated heterocycles. The average molecular weight is 414 g/mol. The van der Waals surface area contributed by atoms with Crippen LogP contribution in [0.1, 0.15) is 36.9 Å². The highest BCUT2D eigenvalue weighted by Crippen LogP contribution is 2.38. The normalized spacial score (nSPS) is 24.7. The number of nitrogens with one attached hydrogen (secondary N) is 3. The van der Waals surface area contributed by atoms with Gasteiger partial charge < -0.3 is 15.6 Å². The maximum atomic E-state index is 5.44. The van der Waals surface area contributed by atoms with Crippen LogP contribution in [0.5, 0.6) is 0 Å². The summed E-state index contributed by atoms with van der Waals surface area (Å²) in [6.07, 6.45) is 10.3. The lowest BCUT2D eigenvalue weighted by atomic mass is 9.82. The molecule has 1 aliphatic carbocycles. The lowest BCUT2D eigenvalue weighted by Crippen LogP contribution is -2.30. The quantitative estimate of drug-likeness (QED) is 0.544. The molecule has 0 spiro atoms. The number of benzene rings is 2. The minimum atomic E-state index is -0.505. The molecule has 0 amide bonds. The van der Waals surface area contributed by atoms with Crippen LogP contribution in [-0.2, 0) is 5.54 Å². The van der Waals surface area contributed by atoms with Crippen LogP contribution >= 0.6 is 12.2 Å². The lowest BCUT2D eigenvalue weighted by Gasteiger charge is -2.30. The Morgan fingerprint density at radius 2 is 2.07 bits per heavy atom. The van der Waals surface area contributed by atoms with E-state index in [4.69, 9.17) is 17.2 Å². The van der Waals surface area contributed by atoms with E-state index in [1.165, 1.54) is 5.57 Å². The van der Waals surface area contributed by atoms with E-state index in [9.17, 15) is 0 Å². The highest BCUT2D eigenvalue weighted by Gasteiger charge is 2.35. The van der Waals surface area contributed by atoms with Gasteiger partial charge in [0.25, 0.3) is 0 Å². The van der Waals surface area contributed by atoms with Crippen LogP contribution in [0.25, 0.3) is 11.0 Å². The zero-order valence-electron chi connectivity index (χ0n) is 16.7. The molecule has 0 saturated carbocycles. The topological polar surface area (TPSA) is 65.1 Å². The van der Waals surface area contributed by atoms with Crippen molar-refractivity contribution in [2.24, 2.45) is 4.99 Å². The number of nitrogens with zero attached hydrogens (tertiary/aromatic N) is 2. The van der Waals surface area contributed by atoms with E-state index in [1.54, 1.807) is 6.33 Å². The monoisotopic (exact) mass is 413 g/mol. The summed E-state index contributed by atoms with van der Waals surface area (Å²) in [4.78, 5) is 12.9. The predicted octanol–water partition coefficient (Wildman–Crippen LogP) is 4.67. The first-order valence-corrected chi connectivity index (χ1v) is 10.6. The highest BCUT2D eigenvalue weighted by molar-refractivity contribution is 7.80. The molecule has 1 aliphatic heterocycles. The number of hydrogen-bond donors (Lipinski definition) is 3. The van der Waals surface area contributed by atoms with Crippen molar-refractivity contribution in [3.8, 4) is 0 Å². The molecular formula is C24H23N5S. The molecule has 2 heterocycles. The fourth-order valence-electron chi connectivity index (χ4n) is 4.11. The Balaban J connectivity index is 1.62. The molecule has 3 N–H and O–H groups in total. The van der Waals surface area contributed by atoms with Crippen LogP contribution in [0.4, 0.5) is 0 Å². The number of amidine groups is 1. The number of imidazole rings is 1. The molecule has 5 rings (SSSR count). The van der Waals surface area contributed by atoms with Crippen molar-refractivity contribution >= 4 is 34.2 Å². The van der Waals surface area contributed by atoms with Crippen LogP contribution in [0.15, 0.2) is 83.7 Å². The van der Waals surface area contributed by atoms with Crippen molar-refractivity contribution in [2.45, 2.75) is 31.3 Å². The van der Waals surface area contributed by atoms with Gasteiger partial charge in [0, 0.05) is 0 Å². The molecule has 30 heavy (non-hydrogen) atoms. The zero-order valence-corrected chi connectivity index (χ0v) is 17.5. The van der Waals surface area contributed by atoms with Gasteiger partial charge in [0.2, 0.25) is 0 Å².